The first-order valence-electron chi connectivity index (χ1n) is 6.69. The Labute approximate surface area is 117 Å². The van der Waals surface area contributed by atoms with E-state index in [1.165, 1.54) is 0 Å². The fourth-order valence-corrected chi connectivity index (χ4v) is 2.55. The molecule has 1 aliphatic heterocycles. The van der Waals surface area contributed by atoms with E-state index >= 15 is 0 Å². The Morgan fingerprint density at radius 1 is 0.900 bits per heavy atom. The lowest BCUT2D eigenvalue weighted by molar-refractivity contribution is -0.126. The van der Waals surface area contributed by atoms with E-state index < -0.39 is 5.92 Å². The van der Waals surface area contributed by atoms with Crippen LogP contribution in [0.2, 0.25) is 0 Å². The quantitative estimate of drug-likeness (QED) is 0.799. The van der Waals surface area contributed by atoms with Crippen molar-refractivity contribution in [1.29, 1.82) is 0 Å². The summed E-state index contributed by atoms with van der Waals surface area (Å²) in [5, 5.41) is 0. The Balaban J connectivity index is 1.81. The molecule has 3 heteroatoms. The number of anilines is 1. The molecule has 20 heavy (non-hydrogen) atoms. The van der Waals surface area contributed by atoms with Crippen LogP contribution in [0.15, 0.2) is 60.7 Å². The minimum absolute atomic E-state index is 0.00251. The van der Waals surface area contributed by atoms with Gasteiger partial charge in [-0.15, -0.1) is 0 Å². The van der Waals surface area contributed by atoms with Crippen molar-refractivity contribution in [2.24, 2.45) is 5.92 Å². The van der Waals surface area contributed by atoms with Crippen LogP contribution in [0, 0.1) is 5.92 Å². The third-order valence-corrected chi connectivity index (χ3v) is 3.62. The largest absolute Gasteiger partial charge is 0.304 e. The zero-order valence-electron chi connectivity index (χ0n) is 11.0. The Hall–Kier alpha value is -2.42. The average Bonchev–Trinajstić information content (AvgIpc) is 2.77. The van der Waals surface area contributed by atoms with E-state index in [0.29, 0.717) is 6.42 Å². The predicted octanol–water partition coefficient (Wildman–Crippen LogP) is 2.46. The molecule has 0 saturated carbocycles. The third-order valence-electron chi connectivity index (χ3n) is 3.62. The number of rotatable bonds is 3. The van der Waals surface area contributed by atoms with Gasteiger partial charge in [-0.05, 0) is 24.1 Å². The van der Waals surface area contributed by atoms with E-state index in [1.54, 1.807) is 4.90 Å². The van der Waals surface area contributed by atoms with Gasteiger partial charge < -0.3 is 4.90 Å². The summed E-state index contributed by atoms with van der Waals surface area (Å²) in [7, 11) is 0. The highest BCUT2D eigenvalue weighted by molar-refractivity contribution is 6.17. The summed E-state index contributed by atoms with van der Waals surface area (Å²) < 4.78 is 0. The fourth-order valence-electron chi connectivity index (χ4n) is 2.55. The van der Waals surface area contributed by atoms with E-state index in [4.69, 9.17) is 0 Å². The molecule has 0 N–H and O–H groups in total. The number of para-hydroxylation sites is 1. The maximum absolute atomic E-state index is 12.4. The number of hydrogen-bond acceptors (Lipinski definition) is 2. The molecule has 1 fully saturated rings. The SMILES string of the molecule is O=C1CN(c2ccccc2)C(=O)C1Cc1ccccc1. The Morgan fingerprint density at radius 3 is 2.15 bits per heavy atom. The predicted molar refractivity (Wildman–Crippen MR) is 77.4 cm³/mol. The van der Waals surface area contributed by atoms with Gasteiger partial charge in [0, 0.05) is 5.69 Å². The Morgan fingerprint density at radius 2 is 1.50 bits per heavy atom. The van der Waals surface area contributed by atoms with Gasteiger partial charge in [0.2, 0.25) is 5.91 Å². The molecule has 0 aliphatic carbocycles. The van der Waals surface area contributed by atoms with Crippen LogP contribution in [-0.2, 0) is 16.0 Å². The molecule has 2 aromatic rings. The molecule has 1 unspecified atom stereocenters. The summed E-state index contributed by atoms with van der Waals surface area (Å²) in [5.41, 5.74) is 1.82. The van der Waals surface area contributed by atoms with Crippen molar-refractivity contribution in [1.82, 2.24) is 0 Å². The average molecular weight is 265 g/mol. The number of carbonyl (C=O) groups is 2. The van der Waals surface area contributed by atoms with Gasteiger partial charge in [-0.1, -0.05) is 48.5 Å². The third kappa shape index (κ3) is 2.35. The van der Waals surface area contributed by atoms with Crippen molar-refractivity contribution >= 4 is 17.4 Å². The molecule has 3 nitrogen and oxygen atoms in total. The smallest absolute Gasteiger partial charge is 0.238 e. The summed E-state index contributed by atoms with van der Waals surface area (Å²) in [6.45, 7) is 0.181. The van der Waals surface area contributed by atoms with E-state index in [9.17, 15) is 9.59 Å². The molecule has 0 aromatic heterocycles. The molecule has 0 spiro atoms. The highest BCUT2D eigenvalue weighted by Crippen LogP contribution is 2.25. The van der Waals surface area contributed by atoms with Crippen LogP contribution in [0.3, 0.4) is 0 Å². The topological polar surface area (TPSA) is 37.4 Å². The van der Waals surface area contributed by atoms with Gasteiger partial charge in [-0.3, -0.25) is 9.59 Å². The van der Waals surface area contributed by atoms with Gasteiger partial charge in [-0.2, -0.15) is 0 Å². The first-order chi connectivity index (χ1) is 9.75. The van der Waals surface area contributed by atoms with Crippen LogP contribution >= 0.6 is 0 Å². The first kappa shape index (κ1) is 12.6. The van der Waals surface area contributed by atoms with Crippen LogP contribution in [0.25, 0.3) is 0 Å². The zero-order chi connectivity index (χ0) is 13.9. The molecule has 100 valence electrons. The normalized spacial score (nSPS) is 18.6. The van der Waals surface area contributed by atoms with Crippen LogP contribution < -0.4 is 4.90 Å². The summed E-state index contributed by atoms with van der Waals surface area (Å²) in [6.07, 6.45) is 0.488. The summed E-state index contributed by atoms with van der Waals surface area (Å²) in [6, 6.07) is 19.0. The summed E-state index contributed by atoms with van der Waals surface area (Å²) in [5.74, 6) is -0.634. The minimum Gasteiger partial charge on any atom is -0.304 e. The molecule has 0 bridgehead atoms. The molecular formula is C17H15NO2. The number of Topliss-reactive ketones (excluding diaryl/α,β-unsaturated/α-hetero) is 1. The van der Waals surface area contributed by atoms with Crippen molar-refractivity contribution in [2.45, 2.75) is 6.42 Å². The van der Waals surface area contributed by atoms with Crippen LogP contribution in [0.1, 0.15) is 5.56 Å². The molecule has 3 rings (SSSR count). The fraction of sp³-hybridized carbons (Fsp3) is 0.176. The minimum atomic E-state index is -0.544. The number of benzene rings is 2. The number of amides is 1. The molecule has 1 heterocycles. The maximum atomic E-state index is 12.4. The molecule has 0 radical (unpaired) electrons. The van der Waals surface area contributed by atoms with E-state index in [1.807, 2.05) is 60.7 Å². The number of ketones is 1. The summed E-state index contributed by atoms with van der Waals surface area (Å²) in [4.78, 5) is 26.1. The molecule has 2 aromatic carbocycles. The highest BCUT2D eigenvalue weighted by Gasteiger charge is 2.39. The van der Waals surface area contributed by atoms with Crippen LogP contribution in [0.5, 0.6) is 0 Å². The number of nitrogens with zero attached hydrogens (tertiary/aromatic N) is 1. The lowest BCUT2D eigenvalue weighted by atomic mass is 9.97. The van der Waals surface area contributed by atoms with E-state index in [-0.39, 0.29) is 18.2 Å². The van der Waals surface area contributed by atoms with Gasteiger partial charge in [0.15, 0.2) is 5.78 Å². The first-order valence-corrected chi connectivity index (χ1v) is 6.69. The lowest BCUT2D eigenvalue weighted by Gasteiger charge is -2.15. The van der Waals surface area contributed by atoms with Crippen LogP contribution in [0.4, 0.5) is 5.69 Å². The second kappa shape index (κ2) is 5.29. The van der Waals surface area contributed by atoms with Crippen molar-refractivity contribution in [2.75, 3.05) is 11.4 Å². The van der Waals surface area contributed by atoms with E-state index in [2.05, 4.69) is 0 Å². The highest BCUT2D eigenvalue weighted by atomic mass is 16.2. The molecule has 1 amide bonds. The van der Waals surface area contributed by atoms with E-state index in [0.717, 1.165) is 11.3 Å². The molecule has 1 aliphatic rings. The molecular weight excluding hydrogens is 250 g/mol. The van der Waals surface area contributed by atoms with Crippen molar-refractivity contribution in [3.05, 3.63) is 66.2 Å². The Kier molecular flexibility index (Phi) is 3.33. The number of hydrogen-bond donors (Lipinski definition) is 0. The van der Waals surface area contributed by atoms with Gasteiger partial charge in [0.1, 0.15) is 5.92 Å². The summed E-state index contributed by atoms with van der Waals surface area (Å²) >= 11 is 0. The zero-order valence-corrected chi connectivity index (χ0v) is 11.0. The second-order valence-corrected chi connectivity index (χ2v) is 4.97. The van der Waals surface area contributed by atoms with Gasteiger partial charge >= 0.3 is 0 Å². The van der Waals surface area contributed by atoms with Crippen LogP contribution in [-0.4, -0.2) is 18.2 Å². The van der Waals surface area contributed by atoms with Gasteiger partial charge in [-0.25, -0.2) is 0 Å². The van der Waals surface area contributed by atoms with Gasteiger partial charge in [0.25, 0.3) is 0 Å². The maximum Gasteiger partial charge on any atom is 0.238 e. The monoisotopic (exact) mass is 265 g/mol. The Bertz CT molecular complexity index is 622. The molecule has 1 atom stereocenters. The second-order valence-electron chi connectivity index (χ2n) is 4.97. The number of carbonyl (C=O) groups excluding carboxylic acids is 2. The van der Waals surface area contributed by atoms with Gasteiger partial charge in [0.05, 0.1) is 6.54 Å². The lowest BCUT2D eigenvalue weighted by Crippen LogP contribution is -2.27. The van der Waals surface area contributed by atoms with Crippen molar-refractivity contribution in [3.63, 3.8) is 0 Å². The standard InChI is InChI=1S/C17H15NO2/c19-16-12-18(14-9-5-2-6-10-14)17(20)15(16)11-13-7-3-1-4-8-13/h1-10,15H,11-12H2. The van der Waals surface area contributed by atoms with Crippen molar-refractivity contribution in [3.8, 4) is 0 Å². The molecule has 1 saturated heterocycles. The van der Waals surface area contributed by atoms with Crippen molar-refractivity contribution < 1.29 is 9.59 Å².